The fourth-order valence-corrected chi connectivity index (χ4v) is 4.21. The number of ether oxygens (including phenoxy) is 1. The predicted molar refractivity (Wildman–Crippen MR) is 110 cm³/mol. The third-order valence-corrected chi connectivity index (χ3v) is 5.74. The highest BCUT2D eigenvalue weighted by molar-refractivity contribution is 9.10. The molecule has 0 unspecified atom stereocenters. The second-order valence-corrected chi connectivity index (χ2v) is 7.51. The van der Waals surface area contributed by atoms with Gasteiger partial charge in [0.2, 0.25) is 0 Å². The van der Waals surface area contributed by atoms with Crippen molar-refractivity contribution in [3.05, 3.63) is 82.3 Å². The van der Waals surface area contributed by atoms with Crippen molar-refractivity contribution >= 4 is 38.1 Å². The molecule has 0 saturated heterocycles. The molecule has 0 heterocycles. The smallest absolute Gasteiger partial charge is 0.156 e. The van der Waals surface area contributed by atoms with Crippen LogP contribution in [0, 0.1) is 0 Å². The lowest BCUT2D eigenvalue weighted by Gasteiger charge is -2.24. The highest BCUT2D eigenvalue weighted by Crippen LogP contribution is 2.39. The molecule has 3 aromatic carbocycles. The van der Waals surface area contributed by atoms with Crippen LogP contribution in [0.1, 0.15) is 29.9 Å². The van der Waals surface area contributed by atoms with Gasteiger partial charge in [-0.25, -0.2) is 0 Å². The fraction of sp³-hybridized carbons (Fsp3) is 0.174. The van der Waals surface area contributed by atoms with Gasteiger partial charge in [-0.1, -0.05) is 58.4 Å². The van der Waals surface area contributed by atoms with Gasteiger partial charge in [0.25, 0.3) is 0 Å². The summed E-state index contributed by atoms with van der Waals surface area (Å²) in [6, 6.07) is 20.6. The Balaban J connectivity index is 1.73. The van der Waals surface area contributed by atoms with Gasteiger partial charge in [0.15, 0.2) is 5.78 Å². The summed E-state index contributed by atoms with van der Waals surface area (Å²) in [5, 5.41) is 2.35. The highest BCUT2D eigenvalue weighted by Gasteiger charge is 2.24. The lowest BCUT2D eigenvalue weighted by atomic mass is 9.80. The zero-order valence-electron chi connectivity index (χ0n) is 14.5. The quantitative estimate of drug-likeness (QED) is 0.521. The first-order valence-corrected chi connectivity index (χ1v) is 9.50. The maximum Gasteiger partial charge on any atom is 0.156 e. The zero-order chi connectivity index (χ0) is 18.1. The van der Waals surface area contributed by atoms with E-state index in [-0.39, 0.29) is 11.7 Å². The van der Waals surface area contributed by atoms with Gasteiger partial charge in [-0.3, -0.25) is 4.79 Å². The van der Waals surface area contributed by atoms with Gasteiger partial charge in [-0.15, -0.1) is 0 Å². The summed E-state index contributed by atoms with van der Waals surface area (Å²) in [7, 11) is 1.67. The van der Waals surface area contributed by atoms with Crippen molar-refractivity contribution in [2.45, 2.75) is 18.8 Å². The van der Waals surface area contributed by atoms with E-state index in [0.717, 1.165) is 27.8 Å². The number of hydrogen-bond acceptors (Lipinski definition) is 2. The first kappa shape index (κ1) is 17.0. The number of rotatable bonds is 3. The third kappa shape index (κ3) is 3.19. The summed E-state index contributed by atoms with van der Waals surface area (Å²) >= 11 is 3.63. The second-order valence-electron chi connectivity index (χ2n) is 6.65. The van der Waals surface area contributed by atoms with Crippen LogP contribution in [0.25, 0.3) is 16.3 Å². The molecule has 0 fully saturated rings. The summed E-state index contributed by atoms with van der Waals surface area (Å²) in [5.74, 6) is 1.24. The molecule has 1 atom stereocenters. The topological polar surface area (TPSA) is 26.3 Å². The molecular weight excluding hydrogens is 388 g/mol. The normalized spacial score (nSPS) is 17.2. The van der Waals surface area contributed by atoms with Gasteiger partial charge in [0, 0.05) is 10.9 Å². The molecule has 0 radical (unpaired) electrons. The fourth-order valence-electron chi connectivity index (χ4n) is 3.73. The largest absolute Gasteiger partial charge is 0.497 e. The standard InChI is InChI=1S/C23H19BrO2/c1-26-19-8-6-15(7-9-19)16-12-17(14-18(25)13-16)20-10-11-23(24)22-5-3-2-4-21(20)22/h2-11,14,16H,12-13H2,1H3/t16-/m1/s1. The SMILES string of the molecule is COc1ccc([C@H]2CC(=O)C=C(c3ccc(Br)c4ccccc34)C2)cc1. The number of methoxy groups -OCH3 is 1. The lowest BCUT2D eigenvalue weighted by molar-refractivity contribution is -0.115. The number of ketones is 1. The minimum atomic E-state index is 0.194. The van der Waals surface area contributed by atoms with Crippen LogP contribution in [0.4, 0.5) is 0 Å². The predicted octanol–water partition coefficient (Wildman–Crippen LogP) is 6.14. The van der Waals surface area contributed by atoms with Gasteiger partial charge in [-0.2, -0.15) is 0 Å². The molecule has 1 aliphatic carbocycles. The third-order valence-electron chi connectivity index (χ3n) is 5.05. The molecule has 3 aromatic rings. The number of fused-ring (bicyclic) bond motifs is 1. The first-order valence-electron chi connectivity index (χ1n) is 8.70. The average molecular weight is 407 g/mol. The van der Waals surface area contributed by atoms with E-state index in [0.29, 0.717) is 6.42 Å². The van der Waals surface area contributed by atoms with Crippen LogP contribution in [0.2, 0.25) is 0 Å². The Labute approximate surface area is 161 Å². The lowest BCUT2D eigenvalue weighted by Crippen LogP contribution is -2.12. The minimum Gasteiger partial charge on any atom is -0.497 e. The van der Waals surface area contributed by atoms with Crippen LogP contribution < -0.4 is 4.74 Å². The van der Waals surface area contributed by atoms with E-state index >= 15 is 0 Å². The molecule has 0 N–H and O–H groups in total. The molecule has 1 aliphatic rings. The van der Waals surface area contributed by atoms with E-state index in [2.05, 4.69) is 52.3 Å². The molecule has 3 heteroatoms. The molecular formula is C23H19BrO2. The summed E-state index contributed by atoms with van der Waals surface area (Å²) in [4.78, 5) is 12.4. The van der Waals surface area contributed by atoms with Crippen LogP contribution in [0.5, 0.6) is 5.75 Å². The maximum atomic E-state index is 12.4. The molecule has 26 heavy (non-hydrogen) atoms. The van der Waals surface area contributed by atoms with Crippen molar-refractivity contribution in [3.63, 3.8) is 0 Å². The molecule has 0 spiro atoms. The molecule has 0 bridgehead atoms. The van der Waals surface area contributed by atoms with E-state index in [4.69, 9.17) is 4.74 Å². The Kier molecular flexibility index (Phi) is 4.64. The molecule has 2 nitrogen and oxygen atoms in total. The van der Waals surface area contributed by atoms with Crippen molar-refractivity contribution in [1.29, 1.82) is 0 Å². The van der Waals surface area contributed by atoms with Gasteiger partial charge in [0.05, 0.1) is 7.11 Å². The van der Waals surface area contributed by atoms with Crippen molar-refractivity contribution in [3.8, 4) is 5.75 Å². The van der Waals surface area contributed by atoms with Gasteiger partial charge < -0.3 is 4.74 Å². The molecule has 0 aromatic heterocycles. The van der Waals surface area contributed by atoms with E-state index in [1.54, 1.807) is 7.11 Å². The van der Waals surface area contributed by atoms with Crippen molar-refractivity contribution in [2.75, 3.05) is 7.11 Å². The minimum absolute atomic E-state index is 0.194. The number of hydrogen-bond donors (Lipinski definition) is 0. The van der Waals surface area contributed by atoms with Crippen molar-refractivity contribution in [1.82, 2.24) is 0 Å². The average Bonchev–Trinajstić information content (AvgIpc) is 2.68. The van der Waals surface area contributed by atoms with Crippen LogP contribution in [-0.2, 0) is 4.79 Å². The Morgan fingerprint density at radius 2 is 1.65 bits per heavy atom. The number of carbonyl (C=O) groups excluding carboxylic acids is 1. The summed E-state index contributed by atoms with van der Waals surface area (Å²) in [5.41, 5.74) is 3.45. The van der Waals surface area contributed by atoms with E-state index in [1.807, 2.05) is 30.3 Å². The molecule has 4 rings (SSSR count). The highest BCUT2D eigenvalue weighted by atomic mass is 79.9. The van der Waals surface area contributed by atoms with Crippen LogP contribution in [0.3, 0.4) is 0 Å². The summed E-state index contributed by atoms with van der Waals surface area (Å²) < 4.78 is 6.32. The van der Waals surface area contributed by atoms with Gasteiger partial charge in [0.1, 0.15) is 5.75 Å². The second kappa shape index (κ2) is 7.08. The van der Waals surface area contributed by atoms with Gasteiger partial charge in [-0.05, 0) is 64.1 Å². The molecule has 0 amide bonds. The summed E-state index contributed by atoms with van der Waals surface area (Å²) in [6.45, 7) is 0. The van der Waals surface area contributed by atoms with E-state index < -0.39 is 0 Å². The Bertz CT molecular complexity index is 1000. The Morgan fingerprint density at radius 1 is 0.923 bits per heavy atom. The number of carbonyl (C=O) groups is 1. The van der Waals surface area contributed by atoms with Crippen molar-refractivity contribution < 1.29 is 9.53 Å². The van der Waals surface area contributed by atoms with E-state index in [9.17, 15) is 4.79 Å². The van der Waals surface area contributed by atoms with Crippen molar-refractivity contribution in [2.24, 2.45) is 0 Å². The number of benzene rings is 3. The Hall–Kier alpha value is -2.39. The van der Waals surface area contributed by atoms with Crippen LogP contribution in [0.15, 0.2) is 71.2 Å². The molecule has 0 aliphatic heterocycles. The first-order chi connectivity index (χ1) is 12.7. The number of allylic oxidation sites excluding steroid dienone is 2. The summed E-state index contributed by atoms with van der Waals surface area (Å²) in [6.07, 6.45) is 3.25. The van der Waals surface area contributed by atoms with Crippen LogP contribution >= 0.6 is 15.9 Å². The van der Waals surface area contributed by atoms with Crippen LogP contribution in [-0.4, -0.2) is 12.9 Å². The monoisotopic (exact) mass is 406 g/mol. The Morgan fingerprint density at radius 3 is 2.38 bits per heavy atom. The molecule has 0 saturated carbocycles. The maximum absolute atomic E-state index is 12.4. The number of halogens is 1. The van der Waals surface area contributed by atoms with Gasteiger partial charge >= 0.3 is 0 Å². The van der Waals surface area contributed by atoms with E-state index in [1.165, 1.54) is 16.3 Å². The molecule has 130 valence electrons. The zero-order valence-corrected chi connectivity index (χ0v) is 16.1.